The van der Waals surface area contributed by atoms with Gasteiger partial charge < -0.3 is 15.3 Å². The molecule has 2 atom stereocenters. The molecule has 0 spiro atoms. The number of benzene rings is 1. The molecule has 3 heterocycles. The van der Waals surface area contributed by atoms with Crippen LogP contribution in [0.2, 0.25) is 5.15 Å². The van der Waals surface area contributed by atoms with Crippen LogP contribution >= 0.6 is 11.6 Å². The van der Waals surface area contributed by atoms with Gasteiger partial charge in [0.05, 0.1) is 22.6 Å². The fourth-order valence-corrected chi connectivity index (χ4v) is 4.44. The molecule has 0 unspecified atom stereocenters. The first-order valence-electron chi connectivity index (χ1n) is 10.6. The molecule has 168 valence electrons. The third kappa shape index (κ3) is 4.02. The predicted molar refractivity (Wildman–Crippen MR) is 126 cm³/mol. The maximum atomic E-state index is 13.2. The molecule has 1 fully saturated rings. The molecule has 1 aliphatic heterocycles. The van der Waals surface area contributed by atoms with Crippen molar-refractivity contribution in [2.24, 2.45) is 13.0 Å². The van der Waals surface area contributed by atoms with Crippen molar-refractivity contribution in [1.82, 2.24) is 14.5 Å². The van der Waals surface area contributed by atoms with Crippen LogP contribution in [0.4, 0.5) is 11.6 Å². The van der Waals surface area contributed by atoms with Crippen molar-refractivity contribution in [1.29, 1.82) is 0 Å². The number of fused-ring (bicyclic) bond motifs is 1. The Morgan fingerprint density at radius 3 is 2.72 bits per heavy atom. The smallest absolute Gasteiger partial charge is 0.356 e. The molecule has 0 aliphatic carbocycles. The van der Waals surface area contributed by atoms with E-state index in [9.17, 15) is 14.7 Å². The van der Waals surface area contributed by atoms with E-state index in [0.717, 1.165) is 30.6 Å². The zero-order valence-electron chi connectivity index (χ0n) is 18.5. The van der Waals surface area contributed by atoms with Crippen LogP contribution in [0.15, 0.2) is 29.1 Å². The molecule has 0 bridgehead atoms. The average molecular weight is 456 g/mol. The lowest BCUT2D eigenvalue weighted by Crippen LogP contribution is -2.30. The Kier molecular flexibility index (Phi) is 5.81. The monoisotopic (exact) mass is 455 g/mol. The van der Waals surface area contributed by atoms with Crippen molar-refractivity contribution in [3.05, 3.63) is 56.6 Å². The zero-order chi connectivity index (χ0) is 23.2. The number of hydrogen-bond acceptors (Lipinski definition) is 6. The molecule has 0 amide bonds. The Bertz CT molecular complexity index is 1270. The Morgan fingerprint density at radius 2 is 2.06 bits per heavy atom. The number of halogens is 1. The van der Waals surface area contributed by atoms with Gasteiger partial charge in [-0.1, -0.05) is 24.6 Å². The second-order valence-corrected chi connectivity index (χ2v) is 8.95. The van der Waals surface area contributed by atoms with E-state index in [1.807, 2.05) is 26.0 Å². The molecule has 3 aromatic rings. The fourth-order valence-electron chi connectivity index (χ4n) is 4.30. The summed E-state index contributed by atoms with van der Waals surface area (Å²) in [4.78, 5) is 35.9. The summed E-state index contributed by atoms with van der Waals surface area (Å²) in [5, 5.41) is 13.4. The second kappa shape index (κ2) is 8.43. The maximum Gasteiger partial charge on any atom is 0.356 e. The number of aryl methyl sites for hydroxylation is 1. The summed E-state index contributed by atoms with van der Waals surface area (Å²) in [5.74, 6) is 0.0322. The van der Waals surface area contributed by atoms with E-state index in [1.165, 1.54) is 6.07 Å². The number of aromatic nitrogens is 3. The number of rotatable bonds is 5. The molecule has 8 nitrogen and oxygen atoms in total. The third-order valence-corrected chi connectivity index (χ3v) is 6.15. The lowest BCUT2D eigenvalue weighted by atomic mass is 10.0. The van der Waals surface area contributed by atoms with Crippen molar-refractivity contribution < 1.29 is 9.90 Å². The normalized spacial score (nSPS) is 17.0. The van der Waals surface area contributed by atoms with Crippen LogP contribution in [0.25, 0.3) is 10.9 Å². The zero-order valence-corrected chi connectivity index (χ0v) is 19.3. The van der Waals surface area contributed by atoms with Gasteiger partial charge in [-0.05, 0) is 49.9 Å². The second-order valence-electron chi connectivity index (χ2n) is 8.57. The van der Waals surface area contributed by atoms with Crippen LogP contribution in [-0.4, -0.2) is 38.7 Å². The maximum absolute atomic E-state index is 13.2. The van der Waals surface area contributed by atoms with Gasteiger partial charge in [0.25, 0.3) is 5.56 Å². The molecule has 4 rings (SSSR count). The highest BCUT2D eigenvalue weighted by molar-refractivity contribution is 6.29. The highest BCUT2D eigenvalue weighted by atomic mass is 35.5. The Hall–Kier alpha value is -3.13. The Balaban J connectivity index is 1.83. The van der Waals surface area contributed by atoms with Crippen LogP contribution in [0.1, 0.15) is 47.9 Å². The third-order valence-electron chi connectivity index (χ3n) is 5.94. The summed E-state index contributed by atoms with van der Waals surface area (Å²) in [7, 11) is 1.76. The molecule has 1 aromatic carbocycles. The van der Waals surface area contributed by atoms with Crippen LogP contribution in [0, 0.1) is 12.8 Å². The van der Waals surface area contributed by atoms with Gasteiger partial charge in [-0.3, -0.25) is 9.36 Å². The SMILES string of the molecule is Cc1cc([C@@H](C)Nc2ccc(Cl)nc2C(=O)O)c2nc(N3CC[C@H](C)C3)n(C)c(=O)c2c1. The van der Waals surface area contributed by atoms with Gasteiger partial charge in [0, 0.05) is 25.7 Å². The van der Waals surface area contributed by atoms with Crippen molar-refractivity contribution >= 4 is 40.1 Å². The minimum Gasteiger partial charge on any atom is -0.476 e. The molecule has 0 saturated carbocycles. The van der Waals surface area contributed by atoms with Crippen LogP contribution < -0.4 is 15.8 Å². The first-order valence-corrected chi connectivity index (χ1v) is 11.0. The summed E-state index contributed by atoms with van der Waals surface area (Å²) < 4.78 is 1.62. The number of carboxylic acid groups (broad SMARTS) is 1. The minimum atomic E-state index is -1.17. The molecule has 2 aromatic heterocycles. The Labute approximate surface area is 190 Å². The lowest BCUT2D eigenvalue weighted by molar-refractivity contribution is 0.0691. The number of nitrogens with one attached hydrogen (secondary N) is 1. The molecule has 2 N–H and O–H groups in total. The highest BCUT2D eigenvalue weighted by Gasteiger charge is 2.25. The molecule has 1 aliphatic rings. The minimum absolute atomic E-state index is 0.0962. The lowest BCUT2D eigenvalue weighted by Gasteiger charge is -2.23. The van der Waals surface area contributed by atoms with Crippen molar-refractivity contribution in [3.63, 3.8) is 0 Å². The standard InChI is InChI=1S/C23H26ClN5O3/c1-12-7-8-29(11-12)23-27-19-15(9-13(2)10-16(19)21(30)28(23)4)14(3)25-17-5-6-18(24)26-20(17)22(31)32/h5-6,9-10,12,14,25H,7-8,11H2,1-4H3,(H,31,32)/t12-,14+/m0/s1. The van der Waals surface area contributed by atoms with Gasteiger partial charge in [0.2, 0.25) is 5.95 Å². The number of nitrogens with zero attached hydrogens (tertiary/aromatic N) is 4. The van der Waals surface area contributed by atoms with Gasteiger partial charge >= 0.3 is 5.97 Å². The highest BCUT2D eigenvalue weighted by Crippen LogP contribution is 2.30. The van der Waals surface area contributed by atoms with Crippen LogP contribution in [0.3, 0.4) is 0 Å². The summed E-state index contributed by atoms with van der Waals surface area (Å²) in [5.41, 5.74) is 2.46. The molecular formula is C23H26ClN5O3. The van der Waals surface area contributed by atoms with E-state index >= 15 is 0 Å². The van der Waals surface area contributed by atoms with Crippen molar-refractivity contribution in [2.45, 2.75) is 33.2 Å². The van der Waals surface area contributed by atoms with E-state index < -0.39 is 5.97 Å². The number of pyridine rings is 1. The molecular weight excluding hydrogens is 430 g/mol. The number of aromatic carboxylic acids is 1. The number of anilines is 2. The molecule has 1 saturated heterocycles. The van der Waals surface area contributed by atoms with Crippen molar-refractivity contribution in [3.8, 4) is 0 Å². The van der Waals surface area contributed by atoms with E-state index in [1.54, 1.807) is 17.7 Å². The first-order chi connectivity index (χ1) is 15.2. The van der Waals surface area contributed by atoms with Crippen molar-refractivity contribution in [2.75, 3.05) is 23.3 Å². The number of carboxylic acids is 1. The first kappa shape index (κ1) is 22.1. The van der Waals surface area contributed by atoms with Gasteiger partial charge in [-0.15, -0.1) is 0 Å². The van der Waals surface area contributed by atoms with Crippen LogP contribution in [-0.2, 0) is 7.05 Å². The summed E-state index contributed by atoms with van der Waals surface area (Å²) >= 11 is 5.88. The fraction of sp³-hybridized carbons (Fsp3) is 0.391. The van der Waals surface area contributed by atoms with Gasteiger partial charge in [-0.2, -0.15) is 0 Å². The van der Waals surface area contributed by atoms with E-state index in [2.05, 4.69) is 22.1 Å². The van der Waals surface area contributed by atoms with Gasteiger partial charge in [0.15, 0.2) is 5.69 Å². The van der Waals surface area contributed by atoms with E-state index in [0.29, 0.717) is 28.5 Å². The van der Waals surface area contributed by atoms with E-state index in [-0.39, 0.29) is 22.4 Å². The quantitative estimate of drug-likeness (QED) is 0.560. The molecule has 0 radical (unpaired) electrons. The van der Waals surface area contributed by atoms with Gasteiger partial charge in [-0.25, -0.2) is 14.8 Å². The van der Waals surface area contributed by atoms with Crippen LogP contribution in [0.5, 0.6) is 0 Å². The van der Waals surface area contributed by atoms with E-state index in [4.69, 9.17) is 16.6 Å². The Morgan fingerprint density at radius 1 is 1.31 bits per heavy atom. The summed E-state index contributed by atoms with van der Waals surface area (Å²) in [6, 6.07) is 6.63. The number of hydrogen-bond donors (Lipinski definition) is 2. The largest absolute Gasteiger partial charge is 0.476 e. The molecule has 9 heteroatoms. The predicted octanol–water partition coefficient (Wildman–Crippen LogP) is 4.01. The number of carbonyl (C=O) groups is 1. The average Bonchev–Trinajstić information content (AvgIpc) is 3.17. The van der Waals surface area contributed by atoms with Gasteiger partial charge in [0.1, 0.15) is 5.15 Å². The summed E-state index contributed by atoms with van der Waals surface area (Å²) in [6.07, 6.45) is 1.06. The summed E-state index contributed by atoms with van der Waals surface area (Å²) in [6.45, 7) is 7.75. The molecule has 32 heavy (non-hydrogen) atoms. The topological polar surface area (TPSA) is 100 Å².